The SMILES string of the molecule is CN(c1ccc(F)cc1)c1nc(NN)ncc1F. The van der Waals surface area contributed by atoms with E-state index in [-0.39, 0.29) is 17.6 Å². The fourth-order valence-corrected chi connectivity index (χ4v) is 1.45. The van der Waals surface area contributed by atoms with Crippen molar-refractivity contribution in [2.45, 2.75) is 0 Å². The van der Waals surface area contributed by atoms with E-state index >= 15 is 0 Å². The molecule has 0 saturated carbocycles. The van der Waals surface area contributed by atoms with E-state index in [0.717, 1.165) is 6.20 Å². The van der Waals surface area contributed by atoms with Crippen molar-refractivity contribution in [3.63, 3.8) is 0 Å². The van der Waals surface area contributed by atoms with Crippen LogP contribution in [0.1, 0.15) is 0 Å². The smallest absolute Gasteiger partial charge is 0.239 e. The second-order valence-electron chi connectivity index (χ2n) is 3.54. The number of nitrogens with two attached hydrogens (primary N) is 1. The number of rotatable bonds is 3. The number of benzene rings is 1. The Morgan fingerprint density at radius 3 is 2.50 bits per heavy atom. The minimum Gasteiger partial charge on any atom is -0.327 e. The van der Waals surface area contributed by atoms with E-state index in [1.54, 1.807) is 7.05 Å². The highest BCUT2D eigenvalue weighted by molar-refractivity contribution is 5.60. The van der Waals surface area contributed by atoms with Gasteiger partial charge in [0.25, 0.3) is 0 Å². The number of nitrogens with zero attached hydrogens (tertiary/aromatic N) is 3. The van der Waals surface area contributed by atoms with Crippen LogP contribution in [-0.2, 0) is 0 Å². The van der Waals surface area contributed by atoms with E-state index in [2.05, 4.69) is 15.4 Å². The summed E-state index contributed by atoms with van der Waals surface area (Å²) < 4.78 is 26.4. The summed E-state index contributed by atoms with van der Waals surface area (Å²) in [6, 6.07) is 5.61. The molecule has 0 aliphatic heterocycles. The highest BCUT2D eigenvalue weighted by atomic mass is 19.1. The van der Waals surface area contributed by atoms with Gasteiger partial charge in [-0.2, -0.15) is 4.98 Å². The highest BCUT2D eigenvalue weighted by Gasteiger charge is 2.13. The highest BCUT2D eigenvalue weighted by Crippen LogP contribution is 2.24. The lowest BCUT2D eigenvalue weighted by molar-refractivity contribution is 0.614. The predicted octanol–water partition coefficient (Wildman–Crippen LogP) is 1.81. The van der Waals surface area contributed by atoms with Gasteiger partial charge in [-0.25, -0.2) is 19.6 Å². The Hall–Kier alpha value is -2.28. The van der Waals surface area contributed by atoms with E-state index in [0.29, 0.717) is 5.69 Å². The molecule has 0 saturated heterocycles. The largest absolute Gasteiger partial charge is 0.327 e. The monoisotopic (exact) mass is 251 g/mol. The van der Waals surface area contributed by atoms with Crippen LogP contribution in [0.4, 0.5) is 26.2 Å². The van der Waals surface area contributed by atoms with Gasteiger partial charge in [0.1, 0.15) is 5.82 Å². The van der Waals surface area contributed by atoms with Crippen molar-refractivity contribution >= 4 is 17.5 Å². The molecule has 94 valence electrons. The van der Waals surface area contributed by atoms with E-state index in [1.165, 1.54) is 29.2 Å². The molecule has 1 heterocycles. The predicted molar refractivity (Wildman–Crippen MR) is 64.3 cm³/mol. The van der Waals surface area contributed by atoms with Crippen molar-refractivity contribution < 1.29 is 8.78 Å². The molecule has 2 rings (SSSR count). The second kappa shape index (κ2) is 4.92. The number of hydrogen-bond donors (Lipinski definition) is 2. The van der Waals surface area contributed by atoms with Gasteiger partial charge in [-0.1, -0.05) is 0 Å². The Kier molecular flexibility index (Phi) is 3.33. The van der Waals surface area contributed by atoms with Gasteiger partial charge < -0.3 is 4.90 Å². The normalized spacial score (nSPS) is 10.2. The summed E-state index contributed by atoms with van der Waals surface area (Å²) in [7, 11) is 1.61. The van der Waals surface area contributed by atoms with Crippen LogP contribution >= 0.6 is 0 Å². The lowest BCUT2D eigenvalue weighted by Gasteiger charge is -2.19. The van der Waals surface area contributed by atoms with Crippen molar-refractivity contribution in [3.8, 4) is 0 Å². The minimum absolute atomic E-state index is 0.0459. The van der Waals surface area contributed by atoms with E-state index in [1.807, 2.05) is 0 Å². The number of hydrazine groups is 1. The van der Waals surface area contributed by atoms with Crippen molar-refractivity contribution in [1.82, 2.24) is 9.97 Å². The van der Waals surface area contributed by atoms with Crippen LogP contribution in [0.5, 0.6) is 0 Å². The second-order valence-corrected chi connectivity index (χ2v) is 3.54. The summed E-state index contributed by atoms with van der Waals surface area (Å²) in [6.45, 7) is 0. The topological polar surface area (TPSA) is 67.1 Å². The first kappa shape index (κ1) is 12.2. The van der Waals surface area contributed by atoms with Gasteiger partial charge >= 0.3 is 0 Å². The maximum absolute atomic E-state index is 13.6. The number of hydrogen-bond acceptors (Lipinski definition) is 5. The lowest BCUT2D eigenvalue weighted by Crippen LogP contribution is -2.17. The van der Waals surface area contributed by atoms with Gasteiger partial charge in [0.05, 0.1) is 6.20 Å². The fraction of sp³-hybridized carbons (Fsp3) is 0.0909. The third-order valence-electron chi connectivity index (χ3n) is 2.39. The van der Waals surface area contributed by atoms with Gasteiger partial charge in [0, 0.05) is 12.7 Å². The first-order valence-corrected chi connectivity index (χ1v) is 5.10. The third-order valence-corrected chi connectivity index (χ3v) is 2.39. The van der Waals surface area contributed by atoms with Crippen LogP contribution in [0.25, 0.3) is 0 Å². The summed E-state index contributed by atoms with van der Waals surface area (Å²) in [5, 5.41) is 0. The minimum atomic E-state index is -0.596. The first-order valence-electron chi connectivity index (χ1n) is 5.10. The Bertz CT molecular complexity index is 544. The molecule has 18 heavy (non-hydrogen) atoms. The van der Waals surface area contributed by atoms with Crippen molar-refractivity contribution in [3.05, 3.63) is 42.1 Å². The first-order chi connectivity index (χ1) is 8.61. The van der Waals surface area contributed by atoms with E-state index in [9.17, 15) is 8.78 Å². The molecule has 0 radical (unpaired) electrons. The van der Waals surface area contributed by atoms with Crippen molar-refractivity contribution in [1.29, 1.82) is 0 Å². The van der Waals surface area contributed by atoms with Crippen LogP contribution in [0.15, 0.2) is 30.5 Å². The van der Waals surface area contributed by atoms with Crippen LogP contribution in [0, 0.1) is 11.6 Å². The van der Waals surface area contributed by atoms with E-state index in [4.69, 9.17) is 5.84 Å². The average molecular weight is 251 g/mol. The zero-order valence-corrected chi connectivity index (χ0v) is 9.56. The zero-order valence-electron chi connectivity index (χ0n) is 9.56. The summed E-state index contributed by atoms with van der Waals surface area (Å²) >= 11 is 0. The zero-order chi connectivity index (χ0) is 13.1. The Labute approximate surface area is 102 Å². The molecular weight excluding hydrogens is 240 g/mol. The number of aromatic nitrogens is 2. The molecule has 2 aromatic rings. The maximum atomic E-state index is 13.6. The van der Waals surface area contributed by atoms with Crippen LogP contribution < -0.4 is 16.2 Å². The average Bonchev–Trinajstić information content (AvgIpc) is 2.39. The van der Waals surface area contributed by atoms with Crippen LogP contribution in [0.3, 0.4) is 0 Å². The summed E-state index contributed by atoms with van der Waals surface area (Å²) in [4.78, 5) is 9.01. The molecule has 0 amide bonds. The van der Waals surface area contributed by atoms with Gasteiger partial charge in [0.15, 0.2) is 11.6 Å². The summed E-state index contributed by atoms with van der Waals surface area (Å²) in [5.74, 6) is 4.35. The Balaban J connectivity index is 2.38. The molecule has 0 fully saturated rings. The lowest BCUT2D eigenvalue weighted by atomic mass is 10.3. The van der Waals surface area contributed by atoms with E-state index < -0.39 is 5.82 Å². The molecule has 0 aliphatic rings. The number of nitrogens with one attached hydrogen (secondary N) is 1. The van der Waals surface area contributed by atoms with Gasteiger partial charge in [-0.15, -0.1) is 0 Å². The Morgan fingerprint density at radius 1 is 1.22 bits per heavy atom. The molecule has 0 spiro atoms. The molecule has 1 aromatic heterocycles. The maximum Gasteiger partial charge on any atom is 0.239 e. The molecular formula is C11H11F2N5. The summed E-state index contributed by atoms with van der Waals surface area (Å²) in [6.07, 6.45) is 1.01. The molecule has 0 aliphatic carbocycles. The molecule has 5 nitrogen and oxygen atoms in total. The summed E-state index contributed by atoms with van der Waals surface area (Å²) in [5.41, 5.74) is 2.83. The molecule has 3 N–H and O–H groups in total. The van der Waals surface area contributed by atoms with Gasteiger partial charge in [0.2, 0.25) is 5.95 Å². The number of halogens is 2. The number of anilines is 3. The molecule has 0 unspecified atom stereocenters. The molecule has 7 heteroatoms. The van der Waals surface area contributed by atoms with Crippen LogP contribution in [0.2, 0.25) is 0 Å². The van der Waals surface area contributed by atoms with Crippen LogP contribution in [-0.4, -0.2) is 17.0 Å². The van der Waals surface area contributed by atoms with Gasteiger partial charge in [-0.05, 0) is 24.3 Å². The van der Waals surface area contributed by atoms with Crippen molar-refractivity contribution in [2.75, 3.05) is 17.4 Å². The molecule has 0 atom stereocenters. The Morgan fingerprint density at radius 2 is 1.89 bits per heavy atom. The quantitative estimate of drug-likeness (QED) is 0.643. The number of nitrogen functional groups attached to an aromatic ring is 1. The standard InChI is InChI=1S/C11H11F2N5/c1-18(8-4-2-7(12)3-5-8)10-9(13)6-15-11(16-10)17-14/h2-6H,14H2,1H3,(H,15,16,17). The van der Waals surface area contributed by atoms with Crippen molar-refractivity contribution in [2.24, 2.45) is 5.84 Å². The molecule has 0 bridgehead atoms. The molecule has 1 aromatic carbocycles. The van der Waals surface area contributed by atoms with Gasteiger partial charge in [-0.3, -0.25) is 5.43 Å². The third kappa shape index (κ3) is 2.35. The fourth-order valence-electron chi connectivity index (χ4n) is 1.45.